The van der Waals surface area contributed by atoms with E-state index < -0.39 is 0 Å². The van der Waals surface area contributed by atoms with Gasteiger partial charge in [-0.05, 0) is 54.8 Å². The first-order chi connectivity index (χ1) is 18.2. The number of rotatable bonds is 8. The Labute approximate surface area is 216 Å². The summed E-state index contributed by atoms with van der Waals surface area (Å²) < 4.78 is 14.0. The molecule has 0 spiro atoms. The molecule has 4 aromatic carbocycles. The smallest absolute Gasteiger partial charge is 0.227 e. The summed E-state index contributed by atoms with van der Waals surface area (Å²) in [7, 11) is 0. The lowest BCUT2D eigenvalue weighted by Gasteiger charge is -2.18. The van der Waals surface area contributed by atoms with Crippen molar-refractivity contribution in [2.75, 3.05) is 24.7 Å². The van der Waals surface area contributed by atoms with E-state index in [4.69, 9.17) is 14.5 Å². The van der Waals surface area contributed by atoms with E-state index in [2.05, 4.69) is 28.8 Å². The van der Waals surface area contributed by atoms with Gasteiger partial charge in [0, 0.05) is 30.0 Å². The molecule has 0 aliphatic carbocycles. The molecule has 1 aliphatic rings. The molecule has 1 fully saturated rings. The topological polar surface area (TPSA) is 56.6 Å². The third-order valence-electron chi connectivity index (χ3n) is 6.96. The molecule has 0 bridgehead atoms. The fraction of sp³-hybridized carbons (Fsp3) is 0.226. The molecule has 1 amide bonds. The van der Waals surface area contributed by atoms with E-state index in [0.717, 1.165) is 44.8 Å². The van der Waals surface area contributed by atoms with Crippen LogP contribution in [0.2, 0.25) is 0 Å². The number of imidazole rings is 1. The number of para-hydroxylation sites is 2. The highest BCUT2D eigenvalue weighted by Gasteiger charge is 2.34. The Kier molecular flexibility index (Phi) is 6.23. The summed E-state index contributed by atoms with van der Waals surface area (Å²) >= 11 is 0. The Morgan fingerprint density at radius 3 is 2.54 bits per heavy atom. The van der Waals surface area contributed by atoms with Crippen molar-refractivity contribution in [2.45, 2.75) is 25.8 Å². The predicted molar refractivity (Wildman–Crippen MR) is 146 cm³/mol. The molecule has 5 aromatic rings. The number of carbonyl (C=O) groups is 1. The zero-order valence-corrected chi connectivity index (χ0v) is 20.8. The third kappa shape index (κ3) is 4.51. The first-order valence-electron chi connectivity index (χ1n) is 12.8. The number of amides is 1. The van der Waals surface area contributed by atoms with Gasteiger partial charge in [-0.25, -0.2) is 4.98 Å². The van der Waals surface area contributed by atoms with Crippen LogP contribution in [-0.4, -0.2) is 35.2 Å². The van der Waals surface area contributed by atoms with Crippen molar-refractivity contribution in [3.63, 3.8) is 0 Å². The number of aromatic nitrogens is 2. The first kappa shape index (κ1) is 23.1. The zero-order valence-electron chi connectivity index (χ0n) is 20.8. The summed E-state index contributed by atoms with van der Waals surface area (Å²) in [5.41, 5.74) is 2.89. The van der Waals surface area contributed by atoms with Crippen LogP contribution in [0, 0.1) is 0 Å². The standard InChI is InChI=1S/C31H29N3O3/c1-2-36-25-16-14-24(15-17-25)34-21-23(20-30(34)35)31-32-27-11-5-6-12-28(27)33(31)18-19-37-29-13-7-9-22-8-3-4-10-26(22)29/h3-17,23H,2,18-21H2,1H3. The fourth-order valence-electron chi connectivity index (χ4n) is 5.23. The summed E-state index contributed by atoms with van der Waals surface area (Å²) in [6.45, 7) is 4.32. The average molecular weight is 492 g/mol. The van der Waals surface area contributed by atoms with Crippen LogP contribution in [-0.2, 0) is 11.3 Å². The molecule has 1 saturated heterocycles. The number of carbonyl (C=O) groups excluding carboxylic acids is 1. The second-order valence-corrected chi connectivity index (χ2v) is 9.27. The van der Waals surface area contributed by atoms with Gasteiger partial charge in [-0.15, -0.1) is 0 Å². The first-order valence-corrected chi connectivity index (χ1v) is 12.8. The van der Waals surface area contributed by atoms with Crippen LogP contribution >= 0.6 is 0 Å². The number of anilines is 1. The van der Waals surface area contributed by atoms with Crippen molar-refractivity contribution in [1.29, 1.82) is 0 Å². The second kappa shape index (κ2) is 9.97. The van der Waals surface area contributed by atoms with Crippen LogP contribution in [0.5, 0.6) is 11.5 Å². The normalized spacial score (nSPS) is 15.5. The molecule has 2 heterocycles. The fourth-order valence-corrected chi connectivity index (χ4v) is 5.23. The van der Waals surface area contributed by atoms with E-state index in [1.807, 2.05) is 78.6 Å². The molecule has 37 heavy (non-hydrogen) atoms. The number of ether oxygens (including phenoxy) is 2. The largest absolute Gasteiger partial charge is 0.494 e. The average Bonchev–Trinajstić information content (AvgIpc) is 3.50. The molecule has 186 valence electrons. The minimum absolute atomic E-state index is 0.00373. The highest BCUT2D eigenvalue weighted by atomic mass is 16.5. The van der Waals surface area contributed by atoms with Crippen molar-refractivity contribution in [3.05, 3.63) is 96.8 Å². The Bertz CT molecular complexity index is 1550. The molecule has 0 radical (unpaired) electrons. The monoisotopic (exact) mass is 491 g/mol. The van der Waals surface area contributed by atoms with Crippen molar-refractivity contribution >= 4 is 33.4 Å². The maximum absolute atomic E-state index is 13.1. The van der Waals surface area contributed by atoms with Gasteiger partial charge in [-0.2, -0.15) is 0 Å². The van der Waals surface area contributed by atoms with Crippen molar-refractivity contribution in [1.82, 2.24) is 9.55 Å². The van der Waals surface area contributed by atoms with E-state index in [9.17, 15) is 4.79 Å². The van der Waals surface area contributed by atoms with Crippen LogP contribution in [0.1, 0.15) is 25.1 Å². The van der Waals surface area contributed by atoms with Gasteiger partial charge in [0.2, 0.25) is 5.91 Å². The second-order valence-electron chi connectivity index (χ2n) is 9.27. The Morgan fingerprint density at radius 1 is 0.892 bits per heavy atom. The van der Waals surface area contributed by atoms with E-state index in [1.54, 1.807) is 0 Å². The van der Waals surface area contributed by atoms with Crippen LogP contribution in [0.3, 0.4) is 0 Å². The van der Waals surface area contributed by atoms with Gasteiger partial charge in [-0.1, -0.05) is 48.5 Å². The quantitative estimate of drug-likeness (QED) is 0.260. The Morgan fingerprint density at radius 2 is 1.68 bits per heavy atom. The highest BCUT2D eigenvalue weighted by molar-refractivity contribution is 5.96. The van der Waals surface area contributed by atoms with Crippen LogP contribution in [0.15, 0.2) is 91.0 Å². The summed E-state index contributed by atoms with van der Waals surface area (Å²) in [4.78, 5) is 19.9. The van der Waals surface area contributed by atoms with Gasteiger partial charge in [0.05, 0.1) is 24.2 Å². The molecule has 1 aromatic heterocycles. The van der Waals surface area contributed by atoms with Gasteiger partial charge < -0.3 is 18.9 Å². The Balaban J connectivity index is 1.24. The minimum Gasteiger partial charge on any atom is -0.494 e. The molecule has 0 saturated carbocycles. The number of fused-ring (bicyclic) bond motifs is 2. The van der Waals surface area contributed by atoms with E-state index in [1.165, 1.54) is 0 Å². The summed E-state index contributed by atoms with van der Waals surface area (Å²) in [6, 6.07) is 30.3. The molecule has 6 nitrogen and oxygen atoms in total. The molecule has 6 heteroatoms. The maximum atomic E-state index is 13.1. The lowest BCUT2D eigenvalue weighted by molar-refractivity contribution is -0.117. The van der Waals surface area contributed by atoms with E-state index in [-0.39, 0.29) is 11.8 Å². The lowest BCUT2D eigenvalue weighted by Crippen LogP contribution is -2.24. The van der Waals surface area contributed by atoms with Gasteiger partial charge in [0.15, 0.2) is 0 Å². The number of nitrogens with zero attached hydrogens (tertiary/aromatic N) is 3. The van der Waals surface area contributed by atoms with Crippen molar-refractivity contribution in [3.8, 4) is 11.5 Å². The summed E-state index contributed by atoms with van der Waals surface area (Å²) in [6.07, 6.45) is 0.431. The number of hydrogen-bond acceptors (Lipinski definition) is 4. The van der Waals surface area contributed by atoms with Crippen LogP contribution in [0.25, 0.3) is 21.8 Å². The minimum atomic E-state index is 0.00373. The summed E-state index contributed by atoms with van der Waals surface area (Å²) in [5, 5.41) is 2.26. The maximum Gasteiger partial charge on any atom is 0.227 e. The lowest BCUT2D eigenvalue weighted by atomic mass is 10.1. The highest BCUT2D eigenvalue weighted by Crippen LogP contribution is 2.34. The predicted octanol–water partition coefficient (Wildman–Crippen LogP) is 6.19. The zero-order chi connectivity index (χ0) is 25.2. The van der Waals surface area contributed by atoms with Crippen molar-refractivity contribution in [2.24, 2.45) is 0 Å². The molecule has 6 rings (SSSR count). The van der Waals surface area contributed by atoms with Crippen LogP contribution < -0.4 is 14.4 Å². The van der Waals surface area contributed by atoms with Crippen molar-refractivity contribution < 1.29 is 14.3 Å². The SMILES string of the molecule is CCOc1ccc(N2CC(c3nc4ccccc4n3CCOc3cccc4ccccc34)CC2=O)cc1. The Hall–Kier alpha value is -4.32. The van der Waals surface area contributed by atoms with Gasteiger partial charge >= 0.3 is 0 Å². The summed E-state index contributed by atoms with van der Waals surface area (Å²) in [5.74, 6) is 2.73. The molecule has 1 aliphatic heterocycles. The third-order valence-corrected chi connectivity index (χ3v) is 6.96. The van der Waals surface area contributed by atoms with E-state index >= 15 is 0 Å². The van der Waals surface area contributed by atoms with E-state index in [0.29, 0.717) is 32.7 Å². The number of benzene rings is 4. The molecule has 0 N–H and O–H groups in total. The molecular formula is C31H29N3O3. The van der Waals surface area contributed by atoms with Gasteiger partial charge in [0.1, 0.15) is 23.9 Å². The van der Waals surface area contributed by atoms with Gasteiger partial charge in [0.25, 0.3) is 0 Å². The van der Waals surface area contributed by atoms with Gasteiger partial charge in [-0.3, -0.25) is 4.79 Å². The molecule has 1 unspecified atom stereocenters. The molecular weight excluding hydrogens is 462 g/mol. The van der Waals surface area contributed by atoms with Crippen LogP contribution in [0.4, 0.5) is 5.69 Å². The number of hydrogen-bond donors (Lipinski definition) is 0. The molecule has 1 atom stereocenters.